The smallest absolute Gasteiger partial charge is 0.184 e. The minimum Gasteiger partial charge on any atom is -0.319 e. The second-order valence-corrected chi connectivity index (χ2v) is 4.28. The van der Waals surface area contributed by atoms with Crippen LogP contribution in [0.1, 0.15) is 30.1 Å². The highest BCUT2D eigenvalue weighted by molar-refractivity contribution is 6.03. The lowest BCUT2D eigenvalue weighted by Crippen LogP contribution is -2.47. The maximum Gasteiger partial charge on any atom is 0.184 e. The molecule has 1 aliphatic rings. The molecule has 2 rings (SSSR count). The summed E-state index contributed by atoms with van der Waals surface area (Å²) in [5.74, 6) is -0.502. The molecule has 0 amide bonds. The Labute approximate surface area is 87.5 Å². The largest absolute Gasteiger partial charge is 0.319 e. The molecule has 1 atom stereocenters. The molecule has 0 saturated heterocycles. The Bertz CT molecular complexity index is 399. The molecule has 0 spiro atoms. The molecule has 0 aromatic carbocycles. The molecule has 0 bridgehead atoms. The maximum atomic E-state index is 12.9. The van der Waals surface area contributed by atoms with Gasteiger partial charge in [0.25, 0.3) is 0 Å². The van der Waals surface area contributed by atoms with Crippen molar-refractivity contribution >= 4 is 5.78 Å². The van der Waals surface area contributed by atoms with Gasteiger partial charge in [-0.2, -0.15) is 0 Å². The summed E-state index contributed by atoms with van der Waals surface area (Å²) < 4.78 is 12.9. The third-order valence-corrected chi connectivity index (χ3v) is 2.88. The monoisotopic (exact) mass is 208 g/mol. The first-order valence-electron chi connectivity index (χ1n) is 4.96. The minimum atomic E-state index is -0.879. The number of Topliss-reactive ketones (excluding diaryl/α,β-unsaturated/α-hetero) is 1. The Morgan fingerprint density at radius 1 is 1.60 bits per heavy atom. The zero-order valence-electron chi connectivity index (χ0n) is 8.53. The van der Waals surface area contributed by atoms with Crippen LogP contribution in [0.25, 0.3) is 0 Å². The van der Waals surface area contributed by atoms with Gasteiger partial charge in [0.1, 0.15) is 5.82 Å². The van der Waals surface area contributed by atoms with Gasteiger partial charge >= 0.3 is 0 Å². The van der Waals surface area contributed by atoms with E-state index in [2.05, 4.69) is 4.98 Å². The van der Waals surface area contributed by atoms with E-state index in [1.165, 1.54) is 12.3 Å². The van der Waals surface area contributed by atoms with Crippen molar-refractivity contribution in [3.05, 3.63) is 29.8 Å². The van der Waals surface area contributed by atoms with Gasteiger partial charge < -0.3 is 5.73 Å². The van der Waals surface area contributed by atoms with Crippen molar-refractivity contribution in [3.63, 3.8) is 0 Å². The van der Waals surface area contributed by atoms with Crippen LogP contribution < -0.4 is 5.73 Å². The van der Waals surface area contributed by atoms with E-state index in [1.807, 2.05) is 0 Å². The maximum absolute atomic E-state index is 12.9. The molecule has 0 aliphatic heterocycles. The Balaban J connectivity index is 2.27. The Morgan fingerprint density at radius 2 is 2.27 bits per heavy atom. The first kappa shape index (κ1) is 10.2. The number of aromatic nitrogens is 1. The van der Waals surface area contributed by atoms with Gasteiger partial charge in [0.15, 0.2) is 5.78 Å². The highest BCUT2D eigenvalue weighted by Gasteiger charge is 2.44. The zero-order chi connectivity index (χ0) is 11.1. The summed E-state index contributed by atoms with van der Waals surface area (Å²) >= 11 is 0. The quantitative estimate of drug-likeness (QED) is 0.766. The molecule has 1 saturated carbocycles. The fraction of sp³-hybridized carbons (Fsp3) is 0.455. The van der Waals surface area contributed by atoms with Crippen molar-refractivity contribution in [1.29, 1.82) is 0 Å². The van der Waals surface area contributed by atoms with Gasteiger partial charge in [-0.1, -0.05) is 0 Å². The van der Waals surface area contributed by atoms with Crippen molar-refractivity contribution < 1.29 is 9.18 Å². The van der Waals surface area contributed by atoms with Crippen LogP contribution >= 0.6 is 0 Å². The van der Waals surface area contributed by atoms with E-state index in [-0.39, 0.29) is 17.3 Å². The number of rotatable bonds is 3. The second kappa shape index (κ2) is 3.38. The molecule has 4 heteroatoms. The van der Waals surface area contributed by atoms with Gasteiger partial charge in [-0.05, 0) is 31.7 Å². The SMILES string of the molecule is CC(N)(C(=O)c1cncc(F)c1)C1CC1. The molecule has 15 heavy (non-hydrogen) atoms. The van der Waals surface area contributed by atoms with Crippen LogP contribution in [0.3, 0.4) is 0 Å². The Hall–Kier alpha value is -1.29. The lowest BCUT2D eigenvalue weighted by Gasteiger charge is -2.22. The molecule has 3 nitrogen and oxygen atoms in total. The van der Waals surface area contributed by atoms with Crippen molar-refractivity contribution in [2.24, 2.45) is 11.7 Å². The van der Waals surface area contributed by atoms with Crippen LogP contribution in [0, 0.1) is 11.7 Å². The molecule has 1 fully saturated rings. The van der Waals surface area contributed by atoms with Crippen LogP contribution in [0.5, 0.6) is 0 Å². The Kier molecular flexibility index (Phi) is 2.31. The van der Waals surface area contributed by atoms with E-state index in [0.29, 0.717) is 0 Å². The van der Waals surface area contributed by atoms with Crippen molar-refractivity contribution in [2.75, 3.05) is 0 Å². The number of hydrogen-bond donors (Lipinski definition) is 1. The van der Waals surface area contributed by atoms with Gasteiger partial charge in [-0.15, -0.1) is 0 Å². The lowest BCUT2D eigenvalue weighted by molar-refractivity contribution is 0.0882. The highest BCUT2D eigenvalue weighted by Crippen LogP contribution is 2.39. The van der Waals surface area contributed by atoms with E-state index in [4.69, 9.17) is 5.73 Å². The summed E-state index contributed by atoms with van der Waals surface area (Å²) in [5.41, 5.74) is 5.32. The zero-order valence-corrected chi connectivity index (χ0v) is 8.53. The second-order valence-electron chi connectivity index (χ2n) is 4.28. The predicted molar refractivity (Wildman–Crippen MR) is 53.8 cm³/mol. The molecule has 0 radical (unpaired) electrons. The number of hydrogen-bond acceptors (Lipinski definition) is 3. The standard InChI is InChI=1S/C11H13FN2O/c1-11(13,8-2-3-8)10(15)7-4-9(12)6-14-5-7/h4-6,8H,2-3,13H2,1H3. The average molecular weight is 208 g/mol. The molecule has 1 aromatic rings. The van der Waals surface area contributed by atoms with Crippen LogP contribution in [-0.2, 0) is 0 Å². The van der Waals surface area contributed by atoms with E-state index >= 15 is 0 Å². The molecule has 1 unspecified atom stereocenters. The first-order chi connectivity index (χ1) is 7.01. The summed E-state index contributed by atoms with van der Waals surface area (Å²) in [7, 11) is 0. The van der Waals surface area contributed by atoms with E-state index in [9.17, 15) is 9.18 Å². The van der Waals surface area contributed by atoms with Crippen LogP contribution in [-0.4, -0.2) is 16.3 Å². The lowest BCUT2D eigenvalue weighted by atomic mass is 9.88. The minimum absolute atomic E-state index is 0.225. The van der Waals surface area contributed by atoms with E-state index < -0.39 is 11.4 Å². The number of carbonyl (C=O) groups excluding carboxylic acids is 1. The molecule has 2 N–H and O–H groups in total. The number of nitrogens with zero attached hydrogens (tertiary/aromatic N) is 1. The third-order valence-electron chi connectivity index (χ3n) is 2.88. The fourth-order valence-electron chi connectivity index (χ4n) is 1.72. The van der Waals surface area contributed by atoms with E-state index in [1.54, 1.807) is 6.92 Å². The molecule has 1 aliphatic carbocycles. The van der Waals surface area contributed by atoms with Crippen LogP contribution in [0.4, 0.5) is 4.39 Å². The van der Waals surface area contributed by atoms with Crippen molar-refractivity contribution in [3.8, 4) is 0 Å². The summed E-state index contributed by atoms with van der Waals surface area (Å²) in [6.45, 7) is 1.71. The number of nitrogens with two attached hydrogens (primary N) is 1. The van der Waals surface area contributed by atoms with Crippen molar-refractivity contribution in [2.45, 2.75) is 25.3 Å². The fourth-order valence-corrected chi connectivity index (χ4v) is 1.72. The van der Waals surface area contributed by atoms with Gasteiger partial charge in [-0.3, -0.25) is 9.78 Å². The molecular weight excluding hydrogens is 195 g/mol. The van der Waals surface area contributed by atoms with Gasteiger partial charge in [0.05, 0.1) is 11.7 Å². The van der Waals surface area contributed by atoms with Gasteiger partial charge in [-0.25, -0.2) is 4.39 Å². The first-order valence-corrected chi connectivity index (χ1v) is 4.96. The predicted octanol–water partition coefficient (Wildman–Crippen LogP) is 1.53. The molecule has 80 valence electrons. The average Bonchev–Trinajstić information content (AvgIpc) is 2.99. The number of pyridine rings is 1. The normalized spacial score (nSPS) is 19.7. The summed E-state index contributed by atoms with van der Waals surface area (Å²) in [6.07, 6.45) is 4.38. The van der Waals surface area contributed by atoms with Crippen LogP contribution in [0.2, 0.25) is 0 Å². The number of carbonyl (C=O) groups is 1. The molecule has 1 aromatic heterocycles. The molecular formula is C11H13FN2O. The Morgan fingerprint density at radius 3 is 2.80 bits per heavy atom. The van der Waals surface area contributed by atoms with Gasteiger partial charge in [0.2, 0.25) is 0 Å². The van der Waals surface area contributed by atoms with Gasteiger partial charge in [0, 0.05) is 11.8 Å². The molecule has 1 heterocycles. The number of halogens is 1. The van der Waals surface area contributed by atoms with Crippen LogP contribution in [0.15, 0.2) is 18.5 Å². The summed E-state index contributed by atoms with van der Waals surface area (Å²) in [6, 6.07) is 1.18. The number of ketones is 1. The van der Waals surface area contributed by atoms with E-state index in [0.717, 1.165) is 19.0 Å². The summed E-state index contributed by atoms with van der Waals surface area (Å²) in [5, 5.41) is 0. The topological polar surface area (TPSA) is 56.0 Å². The third kappa shape index (κ3) is 1.90. The van der Waals surface area contributed by atoms with Crippen molar-refractivity contribution in [1.82, 2.24) is 4.98 Å². The summed E-state index contributed by atoms with van der Waals surface area (Å²) in [4.78, 5) is 15.6. The highest BCUT2D eigenvalue weighted by atomic mass is 19.1.